The molecule has 0 bridgehead atoms. The van der Waals surface area contributed by atoms with Gasteiger partial charge in [0.15, 0.2) is 0 Å². The van der Waals surface area contributed by atoms with Crippen LogP contribution in [0.5, 0.6) is 0 Å². The van der Waals surface area contributed by atoms with Crippen LogP contribution in [0.1, 0.15) is 25.3 Å². The largest absolute Gasteiger partial charge is 0.480 e. The first-order valence-corrected chi connectivity index (χ1v) is 8.92. The number of nitrogens with zero attached hydrogens (tertiary/aromatic N) is 2. The molecule has 3 aromatic rings. The molecule has 1 aromatic carbocycles. The summed E-state index contributed by atoms with van der Waals surface area (Å²) in [6.45, 7) is 4.29. The molecule has 6 nitrogen and oxygen atoms in total. The highest BCUT2D eigenvalue weighted by molar-refractivity contribution is 5.93. The summed E-state index contributed by atoms with van der Waals surface area (Å²) in [4.78, 5) is 30.2. The van der Waals surface area contributed by atoms with Gasteiger partial charge in [-0.1, -0.05) is 24.3 Å². The van der Waals surface area contributed by atoms with Crippen LogP contribution in [0.3, 0.4) is 0 Å². The first kappa shape index (κ1) is 17.3. The summed E-state index contributed by atoms with van der Waals surface area (Å²) in [6, 6.07) is 12.9. The topological polar surface area (TPSA) is 83.6 Å². The van der Waals surface area contributed by atoms with Gasteiger partial charge in [-0.2, -0.15) is 4.98 Å². The van der Waals surface area contributed by atoms with Crippen molar-refractivity contribution in [3.05, 3.63) is 58.4 Å². The lowest BCUT2D eigenvalue weighted by atomic mass is 9.98. The van der Waals surface area contributed by atoms with E-state index in [-0.39, 0.29) is 5.71 Å². The molecule has 2 aromatic heterocycles. The van der Waals surface area contributed by atoms with E-state index in [0.29, 0.717) is 18.8 Å². The van der Waals surface area contributed by atoms with Crippen molar-refractivity contribution in [2.24, 2.45) is 0 Å². The Bertz CT molecular complexity index is 1100. The maximum absolute atomic E-state index is 12.1. The van der Waals surface area contributed by atoms with Crippen molar-refractivity contribution < 1.29 is 14.3 Å². The zero-order valence-electron chi connectivity index (χ0n) is 15.2. The number of fused-ring (bicyclic) bond motifs is 1. The highest BCUT2D eigenvalue weighted by atomic mass is 16.4. The predicted octanol–water partition coefficient (Wildman–Crippen LogP) is 3.61. The lowest BCUT2D eigenvalue weighted by Gasteiger charge is -2.32. The molecule has 1 saturated heterocycles. The Morgan fingerprint density at radius 2 is 2.00 bits per heavy atom. The zero-order chi connectivity index (χ0) is 19.2. The third-order valence-corrected chi connectivity index (χ3v) is 5.41. The monoisotopic (exact) mass is 364 g/mol. The van der Waals surface area contributed by atoms with E-state index in [9.17, 15) is 14.7 Å². The Morgan fingerprint density at radius 1 is 1.22 bits per heavy atom. The fourth-order valence-electron chi connectivity index (χ4n) is 3.83. The molecular formula is C21H20N2O4. The average Bonchev–Trinajstić information content (AvgIpc) is 3.04. The van der Waals surface area contributed by atoms with Crippen LogP contribution in [0.2, 0.25) is 0 Å². The van der Waals surface area contributed by atoms with Gasteiger partial charge in [0.2, 0.25) is 5.71 Å². The second-order valence-corrected chi connectivity index (χ2v) is 7.15. The zero-order valence-corrected chi connectivity index (χ0v) is 15.2. The molecule has 0 spiro atoms. The molecule has 0 unspecified atom stereocenters. The van der Waals surface area contributed by atoms with Crippen LogP contribution in [0.25, 0.3) is 22.2 Å². The highest BCUT2D eigenvalue weighted by Gasteiger charge is 2.44. The van der Waals surface area contributed by atoms with Gasteiger partial charge in [-0.15, -0.1) is 0 Å². The molecule has 138 valence electrons. The van der Waals surface area contributed by atoms with E-state index in [1.807, 2.05) is 37.3 Å². The number of carboxylic acids is 1. The summed E-state index contributed by atoms with van der Waals surface area (Å²) >= 11 is 0. The molecule has 1 aliphatic heterocycles. The fourth-order valence-corrected chi connectivity index (χ4v) is 3.83. The molecule has 1 N–H and O–H groups in total. The molecule has 1 fully saturated rings. The minimum absolute atomic E-state index is 0.220. The maximum Gasteiger partial charge on any atom is 0.338 e. The Balaban J connectivity index is 1.89. The quantitative estimate of drug-likeness (QED) is 0.764. The second-order valence-electron chi connectivity index (χ2n) is 7.15. The van der Waals surface area contributed by atoms with Crippen LogP contribution >= 0.6 is 0 Å². The smallest absolute Gasteiger partial charge is 0.338 e. The minimum atomic E-state index is -1.01. The van der Waals surface area contributed by atoms with Crippen LogP contribution in [0, 0.1) is 6.92 Å². The van der Waals surface area contributed by atoms with Gasteiger partial charge in [0, 0.05) is 23.6 Å². The number of carboxylic acid groups (broad SMARTS) is 1. The summed E-state index contributed by atoms with van der Waals surface area (Å²) in [5, 5.41) is 10.4. The van der Waals surface area contributed by atoms with E-state index in [1.165, 1.54) is 6.07 Å². The van der Waals surface area contributed by atoms with Crippen molar-refractivity contribution in [1.82, 2.24) is 4.98 Å². The number of aromatic nitrogens is 1. The summed E-state index contributed by atoms with van der Waals surface area (Å²) in [7, 11) is 0. The van der Waals surface area contributed by atoms with Gasteiger partial charge in [0.25, 0.3) is 0 Å². The molecule has 1 aliphatic rings. The summed E-state index contributed by atoms with van der Waals surface area (Å²) in [5.41, 5.74) is 1.49. The molecule has 6 heteroatoms. The van der Waals surface area contributed by atoms with Crippen LogP contribution in [0.4, 0.5) is 5.82 Å². The SMILES string of the molecule is Cc1ccccc1-c1cc(=O)oc2nc(N3CCC[C@@]3(C)C(=O)O)ccc12. The Hall–Kier alpha value is -3.15. The van der Waals surface area contributed by atoms with Crippen molar-refractivity contribution in [3.8, 4) is 11.1 Å². The molecule has 4 rings (SSSR count). The van der Waals surface area contributed by atoms with Crippen molar-refractivity contribution >= 4 is 22.9 Å². The number of benzene rings is 1. The van der Waals surface area contributed by atoms with Gasteiger partial charge >= 0.3 is 11.6 Å². The Morgan fingerprint density at radius 3 is 2.74 bits per heavy atom. The number of rotatable bonds is 3. The maximum atomic E-state index is 12.1. The van der Waals surface area contributed by atoms with Crippen LogP contribution in [-0.4, -0.2) is 28.1 Å². The average molecular weight is 364 g/mol. The van der Waals surface area contributed by atoms with E-state index in [1.54, 1.807) is 17.9 Å². The first-order chi connectivity index (χ1) is 12.9. The molecule has 0 amide bonds. The normalized spacial score (nSPS) is 19.6. The number of anilines is 1. The van der Waals surface area contributed by atoms with Gasteiger partial charge < -0.3 is 14.4 Å². The Labute approximate surface area is 156 Å². The van der Waals surface area contributed by atoms with Gasteiger partial charge in [0.1, 0.15) is 11.4 Å². The minimum Gasteiger partial charge on any atom is -0.480 e. The summed E-state index contributed by atoms with van der Waals surface area (Å²) in [5.74, 6) is -0.369. The van der Waals surface area contributed by atoms with E-state index < -0.39 is 17.1 Å². The lowest BCUT2D eigenvalue weighted by molar-refractivity contribution is -0.142. The molecule has 3 heterocycles. The standard InChI is InChI=1S/C21H20N2O4/c1-13-6-3-4-7-14(13)16-12-18(24)27-19-15(16)8-9-17(22-19)23-11-5-10-21(23,2)20(25)26/h3-4,6-9,12H,5,10-11H2,1-2H3,(H,25,26)/t21-/m0/s1. The summed E-state index contributed by atoms with van der Waals surface area (Å²) in [6.07, 6.45) is 1.32. The van der Waals surface area contributed by atoms with Crippen LogP contribution in [0.15, 0.2) is 51.7 Å². The molecule has 0 aliphatic carbocycles. The predicted molar refractivity (Wildman–Crippen MR) is 103 cm³/mol. The number of aryl methyl sites for hydroxylation is 1. The van der Waals surface area contributed by atoms with Gasteiger partial charge in [-0.05, 0) is 49.9 Å². The summed E-state index contributed by atoms with van der Waals surface area (Å²) < 4.78 is 5.35. The van der Waals surface area contributed by atoms with Crippen LogP contribution < -0.4 is 10.5 Å². The molecule has 0 saturated carbocycles. The Kier molecular flexibility index (Phi) is 3.98. The van der Waals surface area contributed by atoms with Crippen molar-refractivity contribution in [2.75, 3.05) is 11.4 Å². The van der Waals surface area contributed by atoms with E-state index in [0.717, 1.165) is 28.5 Å². The van der Waals surface area contributed by atoms with Crippen molar-refractivity contribution in [1.29, 1.82) is 0 Å². The van der Waals surface area contributed by atoms with Gasteiger partial charge in [-0.3, -0.25) is 0 Å². The third kappa shape index (κ3) is 2.77. The number of aliphatic carboxylic acids is 1. The van der Waals surface area contributed by atoms with E-state index in [2.05, 4.69) is 4.98 Å². The van der Waals surface area contributed by atoms with Gasteiger partial charge in [-0.25, -0.2) is 9.59 Å². The first-order valence-electron chi connectivity index (χ1n) is 8.92. The van der Waals surface area contributed by atoms with Gasteiger partial charge in [0.05, 0.1) is 0 Å². The lowest BCUT2D eigenvalue weighted by Crippen LogP contribution is -2.48. The number of carbonyl (C=O) groups is 1. The number of hydrogen-bond acceptors (Lipinski definition) is 5. The van der Waals surface area contributed by atoms with Crippen LogP contribution in [-0.2, 0) is 4.79 Å². The van der Waals surface area contributed by atoms with Crippen molar-refractivity contribution in [2.45, 2.75) is 32.2 Å². The van der Waals surface area contributed by atoms with Crippen molar-refractivity contribution in [3.63, 3.8) is 0 Å². The molecule has 0 radical (unpaired) electrons. The fraction of sp³-hybridized carbons (Fsp3) is 0.286. The highest BCUT2D eigenvalue weighted by Crippen LogP contribution is 2.35. The van der Waals surface area contributed by atoms with E-state index >= 15 is 0 Å². The molecule has 1 atom stereocenters. The molecule has 27 heavy (non-hydrogen) atoms. The number of pyridine rings is 1. The third-order valence-electron chi connectivity index (χ3n) is 5.41. The van der Waals surface area contributed by atoms with E-state index in [4.69, 9.17) is 4.42 Å². The molecular weight excluding hydrogens is 344 g/mol. The second kappa shape index (κ2) is 6.23. The number of hydrogen-bond donors (Lipinski definition) is 1.